The van der Waals surface area contributed by atoms with Crippen LogP contribution in [0.15, 0.2) is 42.7 Å². The minimum absolute atomic E-state index is 0.153. The molecule has 7 nitrogen and oxygen atoms in total. The number of ether oxygens (including phenoxy) is 1. The Labute approximate surface area is 170 Å². The summed E-state index contributed by atoms with van der Waals surface area (Å²) >= 11 is 0. The van der Waals surface area contributed by atoms with Crippen LogP contribution in [0.5, 0.6) is 5.75 Å². The Morgan fingerprint density at radius 1 is 1.28 bits per heavy atom. The smallest absolute Gasteiger partial charge is 0.256 e. The Hall–Kier alpha value is -2.93. The first-order chi connectivity index (χ1) is 14.2. The van der Waals surface area contributed by atoms with E-state index in [1.807, 2.05) is 13.1 Å². The summed E-state index contributed by atoms with van der Waals surface area (Å²) in [5, 5.41) is 8.04. The van der Waals surface area contributed by atoms with Crippen LogP contribution < -0.4 is 10.1 Å². The number of aromatic nitrogens is 3. The van der Waals surface area contributed by atoms with Gasteiger partial charge in [0.25, 0.3) is 5.91 Å². The van der Waals surface area contributed by atoms with Gasteiger partial charge in [0, 0.05) is 32.9 Å². The summed E-state index contributed by atoms with van der Waals surface area (Å²) in [6.07, 6.45) is 5.53. The molecule has 0 saturated carbocycles. The number of benzene rings is 1. The topological polar surface area (TPSA) is 72.3 Å². The number of piperidine rings is 1. The van der Waals surface area contributed by atoms with Gasteiger partial charge in [-0.2, -0.15) is 5.10 Å². The third-order valence-electron chi connectivity index (χ3n) is 5.56. The summed E-state index contributed by atoms with van der Waals surface area (Å²) in [6.45, 7) is 3.71. The Morgan fingerprint density at radius 3 is 2.90 bits per heavy atom. The van der Waals surface area contributed by atoms with E-state index in [-0.39, 0.29) is 5.91 Å². The van der Waals surface area contributed by atoms with E-state index >= 15 is 0 Å². The third kappa shape index (κ3) is 4.24. The average Bonchev–Trinajstić information content (AvgIpc) is 3.13. The second-order valence-corrected chi connectivity index (χ2v) is 7.65. The van der Waals surface area contributed by atoms with E-state index in [0.29, 0.717) is 29.4 Å². The second-order valence-electron chi connectivity index (χ2n) is 7.65. The van der Waals surface area contributed by atoms with Crippen LogP contribution >= 0.6 is 0 Å². The van der Waals surface area contributed by atoms with Crippen LogP contribution in [0.2, 0.25) is 0 Å². The zero-order valence-corrected chi connectivity index (χ0v) is 17.0. The van der Waals surface area contributed by atoms with Gasteiger partial charge in [-0.1, -0.05) is 30.3 Å². The van der Waals surface area contributed by atoms with E-state index in [4.69, 9.17) is 4.74 Å². The number of carbonyl (C=O) groups is 1. The minimum atomic E-state index is -0.153. The number of likely N-dealkylation sites (tertiary alicyclic amines) is 1. The number of nitrogens with one attached hydrogen (secondary N) is 1. The van der Waals surface area contributed by atoms with Crippen molar-refractivity contribution < 1.29 is 9.53 Å². The fourth-order valence-electron chi connectivity index (χ4n) is 4.09. The summed E-state index contributed by atoms with van der Waals surface area (Å²) in [5.74, 6) is 0.813. The number of rotatable bonds is 6. The van der Waals surface area contributed by atoms with Crippen LogP contribution in [0.1, 0.15) is 28.8 Å². The molecular weight excluding hydrogens is 366 g/mol. The fraction of sp³-hybridized carbons (Fsp3) is 0.409. The van der Waals surface area contributed by atoms with Crippen molar-refractivity contribution in [3.8, 4) is 5.75 Å². The van der Waals surface area contributed by atoms with Crippen molar-refractivity contribution in [3.63, 3.8) is 0 Å². The van der Waals surface area contributed by atoms with Gasteiger partial charge in [-0.05, 0) is 30.9 Å². The number of hydrogen-bond donors (Lipinski definition) is 1. The Morgan fingerprint density at radius 2 is 2.10 bits per heavy atom. The normalized spacial score (nSPS) is 17.4. The van der Waals surface area contributed by atoms with Gasteiger partial charge < -0.3 is 10.1 Å². The van der Waals surface area contributed by atoms with Gasteiger partial charge in [0.05, 0.1) is 18.7 Å². The molecule has 29 heavy (non-hydrogen) atoms. The van der Waals surface area contributed by atoms with Crippen LogP contribution in [-0.4, -0.2) is 52.3 Å². The van der Waals surface area contributed by atoms with Crippen molar-refractivity contribution in [2.24, 2.45) is 13.0 Å². The molecular formula is C22H27N5O2. The summed E-state index contributed by atoms with van der Waals surface area (Å²) in [4.78, 5) is 19.7. The SMILES string of the molecule is COc1c(C(=O)NCC2CCCN(Cc3ccccc3)C2)cnc2c1cnn2C. The van der Waals surface area contributed by atoms with Gasteiger partial charge in [-0.15, -0.1) is 0 Å². The fourth-order valence-corrected chi connectivity index (χ4v) is 4.09. The monoisotopic (exact) mass is 393 g/mol. The summed E-state index contributed by atoms with van der Waals surface area (Å²) in [5.41, 5.74) is 2.48. The highest BCUT2D eigenvalue weighted by atomic mass is 16.5. The van der Waals surface area contributed by atoms with E-state index in [1.165, 1.54) is 5.56 Å². The van der Waals surface area contributed by atoms with Crippen LogP contribution in [0, 0.1) is 5.92 Å². The largest absolute Gasteiger partial charge is 0.495 e. The molecule has 7 heteroatoms. The molecule has 152 valence electrons. The highest BCUT2D eigenvalue weighted by Crippen LogP contribution is 2.27. The number of nitrogens with zero attached hydrogens (tertiary/aromatic N) is 4. The van der Waals surface area contributed by atoms with Crippen LogP contribution in [0.4, 0.5) is 0 Å². The number of methoxy groups -OCH3 is 1. The maximum absolute atomic E-state index is 12.8. The molecule has 0 spiro atoms. The van der Waals surface area contributed by atoms with Gasteiger partial charge in [-0.25, -0.2) is 4.98 Å². The van der Waals surface area contributed by atoms with Crippen molar-refractivity contribution >= 4 is 16.9 Å². The number of hydrogen-bond acceptors (Lipinski definition) is 5. The molecule has 1 aliphatic heterocycles. The lowest BCUT2D eigenvalue weighted by molar-refractivity contribution is 0.0927. The van der Waals surface area contributed by atoms with Crippen molar-refractivity contribution in [2.75, 3.05) is 26.7 Å². The molecule has 2 aromatic heterocycles. The Balaban J connectivity index is 1.38. The summed E-state index contributed by atoms with van der Waals surface area (Å²) in [6, 6.07) is 10.5. The molecule has 4 rings (SSSR count). The van der Waals surface area contributed by atoms with E-state index in [0.717, 1.165) is 37.9 Å². The van der Waals surface area contributed by atoms with Gasteiger partial charge in [0.1, 0.15) is 11.3 Å². The van der Waals surface area contributed by atoms with Gasteiger partial charge >= 0.3 is 0 Å². The lowest BCUT2D eigenvalue weighted by atomic mass is 9.97. The molecule has 1 amide bonds. The standard InChI is InChI=1S/C22H27N5O2/c1-26-21-18(13-25-26)20(29-2)19(12-23-21)22(28)24-11-17-9-6-10-27(15-17)14-16-7-4-3-5-8-16/h3-5,7-8,12-13,17H,6,9-11,14-15H2,1-2H3,(H,24,28). The van der Waals surface area contributed by atoms with Crippen LogP contribution in [-0.2, 0) is 13.6 Å². The predicted octanol–water partition coefficient (Wildman–Crippen LogP) is 2.62. The molecule has 1 N–H and O–H groups in total. The second kappa shape index (κ2) is 8.61. The molecule has 1 fully saturated rings. The van der Waals surface area contributed by atoms with E-state index in [2.05, 4.69) is 44.6 Å². The summed E-state index contributed by atoms with van der Waals surface area (Å²) in [7, 11) is 3.39. The highest BCUT2D eigenvalue weighted by Gasteiger charge is 2.22. The maximum atomic E-state index is 12.8. The van der Waals surface area contributed by atoms with E-state index in [1.54, 1.807) is 24.2 Å². The first-order valence-corrected chi connectivity index (χ1v) is 10.0. The van der Waals surface area contributed by atoms with Gasteiger partial charge in [0.2, 0.25) is 0 Å². The number of aryl methyl sites for hydroxylation is 1. The predicted molar refractivity (Wildman–Crippen MR) is 112 cm³/mol. The molecule has 1 aliphatic rings. The van der Waals surface area contributed by atoms with Crippen molar-refractivity contribution in [2.45, 2.75) is 19.4 Å². The number of carbonyl (C=O) groups excluding carboxylic acids is 1. The molecule has 0 radical (unpaired) electrons. The first-order valence-electron chi connectivity index (χ1n) is 10.0. The third-order valence-corrected chi connectivity index (χ3v) is 5.56. The first kappa shape index (κ1) is 19.4. The maximum Gasteiger partial charge on any atom is 0.256 e. The van der Waals surface area contributed by atoms with Crippen molar-refractivity contribution in [1.29, 1.82) is 0 Å². The average molecular weight is 393 g/mol. The van der Waals surface area contributed by atoms with Gasteiger partial charge in [0.15, 0.2) is 5.65 Å². The van der Waals surface area contributed by atoms with Crippen LogP contribution in [0.3, 0.4) is 0 Å². The number of amides is 1. The molecule has 3 heterocycles. The van der Waals surface area contributed by atoms with Crippen molar-refractivity contribution in [1.82, 2.24) is 25.0 Å². The van der Waals surface area contributed by atoms with E-state index in [9.17, 15) is 4.79 Å². The Kier molecular flexibility index (Phi) is 5.76. The number of fused-ring (bicyclic) bond motifs is 1. The zero-order chi connectivity index (χ0) is 20.2. The molecule has 1 unspecified atom stereocenters. The molecule has 0 aliphatic carbocycles. The quantitative estimate of drug-likeness (QED) is 0.697. The molecule has 1 saturated heterocycles. The molecule has 1 aromatic carbocycles. The highest BCUT2D eigenvalue weighted by molar-refractivity contribution is 6.01. The molecule has 0 bridgehead atoms. The lowest BCUT2D eigenvalue weighted by Crippen LogP contribution is -2.40. The van der Waals surface area contributed by atoms with Gasteiger partial charge in [-0.3, -0.25) is 14.4 Å². The number of pyridine rings is 1. The molecule has 3 aromatic rings. The van der Waals surface area contributed by atoms with Crippen molar-refractivity contribution in [3.05, 3.63) is 53.9 Å². The van der Waals surface area contributed by atoms with E-state index < -0.39 is 0 Å². The van der Waals surface area contributed by atoms with Crippen LogP contribution in [0.25, 0.3) is 11.0 Å². The zero-order valence-electron chi connectivity index (χ0n) is 17.0. The minimum Gasteiger partial charge on any atom is -0.495 e. The summed E-state index contributed by atoms with van der Waals surface area (Å²) < 4.78 is 7.18. The molecule has 1 atom stereocenters. The Bertz CT molecular complexity index is 986. The lowest BCUT2D eigenvalue weighted by Gasteiger charge is -2.32.